The van der Waals surface area contributed by atoms with Crippen LogP contribution in [0.1, 0.15) is 25.8 Å². The van der Waals surface area contributed by atoms with E-state index in [9.17, 15) is 0 Å². The average Bonchev–Trinajstić information content (AvgIpc) is 2.30. The Morgan fingerprint density at radius 1 is 1.40 bits per heavy atom. The summed E-state index contributed by atoms with van der Waals surface area (Å²) in [6.07, 6.45) is 1.08. The molecule has 1 unspecified atom stereocenters. The fourth-order valence-corrected chi connectivity index (χ4v) is 0.995. The summed E-state index contributed by atoms with van der Waals surface area (Å²) in [5.74, 6) is 0.491. The number of thiol groups is 1. The zero-order valence-electron chi connectivity index (χ0n) is 9.18. The van der Waals surface area contributed by atoms with Gasteiger partial charge in [0, 0.05) is 6.61 Å². The van der Waals surface area contributed by atoms with Crippen LogP contribution in [0.25, 0.3) is 0 Å². The molecule has 3 heteroatoms. The van der Waals surface area contributed by atoms with Crippen molar-refractivity contribution in [2.75, 3.05) is 6.61 Å². The first kappa shape index (κ1) is 14.6. The van der Waals surface area contributed by atoms with Gasteiger partial charge in [0.05, 0.1) is 4.20 Å². The Labute approximate surface area is 103 Å². The van der Waals surface area contributed by atoms with Crippen molar-refractivity contribution < 1.29 is 5.11 Å². The smallest absolute Gasteiger partial charge is 0.0747 e. The van der Waals surface area contributed by atoms with Gasteiger partial charge in [-0.25, -0.2) is 0 Å². The van der Waals surface area contributed by atoms with E-state index in [0.717, 1.165) is 12.0 Å². The Morgan fingerprint density at radius 3 is 2.13 bits per heavy atom. The molecule has 84 valence electrons. The van der Waals surface area contributed by atoms with E-state index in [-0.39, 0.29) is 0 Å². The first-order valence-electron chi connectivity index (χ1n) is 5.01. The van der Waals surface area contributed by atoms with E-state index < -0.39 is 0 Å². The quantitative estimate of drug-likeness (QED) is 0.626. The van der Waals surface area contributed by atoms with Crippen molar-refractivity contribution in [1.82, 2.24) is 0 Å². The predicted molar refractivity (Wildman–Crippen MR) is 73.7 cm³/mol. The van der Waals surface area contributed by atoms with E-state index in [1.807, 2.05) is 37.3 Å². The molecule has 0 radical (unpaired) electrons. The zero-order valence-corrected chi connectivity index (χ0v) is 10.9. The fraction of sp³-hybridized carbons (Fsp3) is 0.417. The van der Waals surface area contributed by atoms with Gasteiger partial charge in [-0.15, -0.1) is 12.6 Å². The number of rotatable bonds is 3. The summed E-state index contributed by atoms with van der Waals surface area (Å²) in [4.78, 5) is 0. The maximum Gasteiger partial charge on any atom is 0.0747 e. The maximum atomic E-state index is 8.33. The van der Waals surface area contributed by atoms with Crippen LogP contribution in [0.2, 0.25) is 0 Å². The number of hydrogen-bond donors (Lipinski definition) is 2. The first-order valence-corrected chi connectivity index (χ1v) is 5.86. The Morgan fingerprint density at radius 2 is 1.93 bits per heavy atom. The minimum absolute atomic E-state index is 0.330. The second-order valence-corrected chi connectivity index (χ2v) is 4.53. The van der Waals surface area contributed by atoms with Crippen LogP contribution in [-0.2, 0) is 0 Å². The zero-order chi connectivity index (χ0) is 11.7. The van der Waals surface area contributed by atoms with Crippen molar-refractivity contribution in [3.05, 3.63) is 35.9 Å². The van der Waals surface area contributed by atoms with Crippen molar-refractivity contribution in [3.8, 4) is 0 Å². The number of thiocarbonyl (C=S) groups is 1. The minimum atomic E-state index is 0.330. The molecular weight excluding hydrogens is 224 g/mol. The molecule has 0 saturated heterocycles. The van der Waals surface area contributed by atoms with Gasteiger partial charge in [-0.2, -0.15) is 0 Å². The molecule has 1 rings (SSSR count). The fourth-order valence-electron chi connectivity index (χ4n) is 0.710. The van der Waals surface area contributed by atoms with Gasteiger partial charge in [-0.3, -0.25) is 0 Å². The van der Waals surface area contributed by atoms with Crippen LogP contribution in [0.4, 0.5) is 0 Å². The lowest BCUT2D eigenvalue weighted by atomic mass is 10.1. The van der Waals surface area contributed by atoms with Gasteiger partial charge < -0.3 is 5.11 Å². The normalized spacial score (nSPS) is 11.2. The lowest BCUT2D eigenvalue weighted by molar-refractivity contribution is 0.234. The van der Waals surface area contributed by atoms with Crippen molar-refractivity contribution in [2.24, 2.45) is 5.92 Å². The number of hydrogen-bond acceptors (Lipinski definition) is 2. The first-order chi connectivity index (χ1) is 7.11. The average molecular weight is 242 g/mol. The molecule has 15 heavy (non-hydrogen) atoms. The molecule has 1 N–H and O–H groups in total. The van der Waals surface area contributed by atoms with E-state index in [0.29, 0.717) is 16.7 Å². The molecule has 0 aromatic heterocycles. The molecule has 0 aliphatic heterocycles. The van der Waals surface area contributed by atoms with Crippen molar-refractivity contribution >= 4 is 29.0 Å². The summed E-state index contributed by atoms with van der Waals surface area (Å²) in [6, 6.07) is 9.72. The summed E-state index contributed by atoms with van der Waals surface area (Å²) in [5, 5.41) is 8.33. The third-order valence-electron chi connectivity index (χ3n) is 2.03. The third-order valence-corrected chi connectivity index (χ3v) is 2.52. The standard InChI is InChI=1S/C7H6S2.C5H12O/c8-7(9)6-4-2-1-3-5-6;1-3-5(2)4-6/h1-5H,(H,8,9);5-6H,3-4H2,1-2H3. The van der Waals surface area contributed by atoms with Crippen LogP contribution in [-0.4, -0.2) is 15.9 Å². The molecule has 1 aromatic carbocycles. The summed E-state index contributed by atoms with van der Waals surface area (Å²) >= 11 is 8.85. The molecular formula is C12H18OS2. The van der Waals surface area contributed by atoms with Crippen molar-refractivity contribution in [2.45, 2.75) is 20.3 Å². The highest BCUT2D eigenvalue weighted by molar-refractivity contribution is 8.11. The van der Waals surface area contributed by atoms with Crippen LogP contribution >= 0.6 is 24.8 Å². The molecule has 0 aliphatic carbocycles. The van der Waals surface area contributed by atoms with Gasteiger partial charge in [0.1, 0.15) is 0 Å². The molecule has 0 fully saturated rings. The van der Waals surface area contributed by atoms with Gasteiger partial charge in [0.25, 0.3) is 0 Å². The van der Waals surface area contributed by atoms with Crippen LogP contribution in [0.5, 0.6) is 0 Å². The van der Waals surface area contributed by atoms with Crippen LogP contribution < -0.4 is 0 Å². The molecule has 0 spiro atoms. The largest absolute Gasteiger partial charge is 0.396 e. The van der Waals surface area contributed by atoms with Crippen LogP contribution in [0.15, 0.2) is 30.3 Å². The molecule has 0 bridgehead atoms. The van der Waals surface area contributed by atoms with E-state index in [2.05, 4.69) is 19.6 Å². The lowest BCUT2D eigenvalue weighted by Crippen LogP contribution is -1.96. The van der Waals surface area contributed by atoms with Gasteiger partial charge in [0.2, 0.25) is 0 Å². The highest BCUT2D eigenvalue weighted by atomic mass is 32.1. The molecule has 0 aliphatic rings. The lowest BCUT2D eigenvalue weighted by Gasteiger charge is -1.98. The molecule has 0 amide bonds. The number of aliphatic hydroxyl groups excluding tert-OH is 1. The molecule has 0 saturated carbocycles. The summed E-state index contributed by atoms with van der Waals surface area (Å²) in [5.41, 5.74) is 1.01. The monoisotopic (exact) mass is 242 g/mol. The van der Waals surface area contributed by atoms with E-state index in [1.54, 1.807) is 0 Å². The second kappa shape index (κ2) is 8.89. The minimum Gasteiger partial charge on any atom is -0.396 e. The second-order valence-electron chi connectivity index (χ2n) is 3.37. The highest BCUT2D eigenvalue weighted by Crippen LogP contribution is 2.02. The van der Waals surface area contributed by atoms with Crippen molar-refractivity contribution in [1.29, 1.82) is 0 Å². The van der Waals surface area contributed by atoms with Gasteiger partial charge in [0.15, 0.2) is 0 Å². The predicted octanol–water partition coefficient (Wildman–Crippen LogP) is 3.32. The van der Waals surface area contributed by atoms with Crippen LogP contribution in [0, 0.1) is 5.92 Å². The van der Waals surface area contributed by atoms with Gasteiger partial charge >= 0.3 is 0 Å². The van der Waals surface area contributed by atoms with Gasteiger partial charge in [-0.05, 0) is 11.5 Å². The molecule has 1 nitrogen and oxygen atoms in total. The van der Waals surface area contributed by atoms with Gasteiger partial charge in [-0.1, -0.05) is 62.8 Å². The Balaban J connectivity index is 0.000000288. The maximum absolute atomic E-state index is 8.33. The third kappa shape index (κ3) is 7.54. The number of aliphatic hydroxyl groups is 1. The summed E-state index contributed by atoms with van der Waals surface area (Å²) < 4.78 is 0.649. The molecule has 0 heterocycles. The Bertz CT molecular complexity index is 268. The SMILES string of the molecule is CCC(C)CO.S=C(S)c1ccccc1. The molecule has 1 atom stereocenters. The van der Waals surface area contributed by atoms with Crippen molar-refractivity contribution in [3.63, 3.8) is 0 Å². The molecule has 1 aromatic rings. The topological polar surface area (TPSA) is 20.2 Å². The summed E-state index contributed by atoms with van der Waals surface area (Å²) in [7, 11) is 0. The highest BCUT2D eigenvalue weighted by Gasteiger charge is 1.90. The Kier molecular flexibility index (Phi) is 8.67. The van der Waals surface area contributed by atoms with E-state index in [1.165, 1.54) is 0 Å². The summed E-state index contributed by atoms with van der Waals surface area (Å²) in [6.45, 7) is 4.43. The Hall–Kier alpha value is -0.380. The van der Waals surface area contributed by atoms with E-state index in [4.69, 9.17) is 17.3 Å². The van der Waals surface area contributed by atoms with Crippen LogP contribution in [0.3, 0.4) is 0 Å². The van der Waals surface area contributed by atoms with E-state index >= 15 is 0 Å². The number of benzene rings is 1.